The molecule has 2 atom stereocenters. The predicted octanol–water partition coefficient (Wildman–Crippen LogP) is 2.10. The highest BCUT2D eigenvalue weighted by Crippen LogP contribution is 2.47. The number of hydrogen-bond acceptors (Lipinski definition) is 2. The highest BCUT2D eigenvalue weighted by molar-refractivity contribution is 5.84. The maximum atomic E-state index is 10.4. The summed E-state index contributed by atoms with van der Waals surface area (Å²) in [6, 6.07) is 3.28. The number of aromatic carboxylic acids is 1. The highest BCUT2D eigenvalue weighted by Gasteiger charge is 2.36. The van der Waals surface area contributed by atoms with E-state index >= 15 is 0 Å². The van der Waals surface area contributed by atoms with Crippen LogP contribution >= 0.6 is 0 Å². The summed E-state index contributed by atoms with van der Waals surface area (Å²) >= 11 is 0. The number of furan rings is 1. The monoisotopic (exact) mass is 166 g/mol. The Morgan fingerprint density at radius 2 is 2.33 bits per heavy atom. The molecule has 0 saturated heterocycles. The molecule has 0 aromatic carbocycles. The molecule has 0 spiro atoms. The summed E-state index contributed by atoms with van der Waals surface area (Å²) in [4.78, 5) is 10.4. The lowest BCUT2D eigenvalue weighted by Crippen LogP contribution is -1.91. The van der Waals surface area contributed by atoms with Crippen molar-refractivity contribution in [3.05, 3.63) is 23.7 Å². The molecule has 12 heavy (non-hydrogen) atoms. The Morgan fingerprint density at radius 1 is 1.67 bits per heavy atom. The zero-order valence-corrected chi connectivity index (χ0v) is 6.78. The van der Waals surface area contributed by atoms with Gasteiger partial charge in [0, 0.05) is 5.92 Å². The van der Waals surface area contributed by atoms with E-state index in [1.165, 1.54) is 6.07 Å². The van der Waals surface area contributed by atoms with Gasteiger partial charge in [-0.15, -0.1) is 0 Å². The van der Waals surface area contributed by atoms with Gasteiger partial charge < -0.3 is 9.52 Å². The van der Waals surface area contributed by atoms with Gasteiger partial charge in [0.15, 0.2) is 0 Å². The van der Waals surface area contributed by atoms with Crippen molar-refractivity contribution in [2.24, 2.45) is 5.92 Å². The third-order valence-electron chi connectivity index (χ3n) is 2.31. The highest BCUT2D eigenvalue weighted by atomic mass is 16.4. The van der Waals surface area contributed by atoms with Gasteiger partial charge in [-0.1, -0.05) is 6.92 Å². The van der Waals surface area contributed by atoms with Crippen LogP contribution in [0.5, 0.6) is 0 Å². The first-order valence-electron chi connectivity index (χ1n) is 4.01. The molecule has 0 bridgehead atoms. The number of hydrogen-bond donors (Lipinski definition) is 1. The van der Waals surface area contributed by atoms with E-state index in [0.717, 1.165) is 12.2 Å². The maximum absolute atomic E-state index is 10.4. The molecular formula is C9H10O3. The molecule has 1 N–H and O–H groups in total. The molecular weight excluding hydrogens is 156 g/mol. The van der Waals surface area contributed by atoms with Crippen LogP contribution in [0.3, 0.4) is 0 Å². The first-order chi connectivity index (χ1) is 5.68. The van der Waals surface area contributed by atoms with Crippen molar-refractivity contribution in [1.29, 1.82) is 0 Å². The molecule has 1 fully saturated rings. The minimum absolute atomic E-state index is 0.0455. The Kier molecular flexibility index (Phi) is 1.46. The fourth-order valence-corrected chi connectivity index (χ4v) is 1.39. The van der Waals surface area contributed by atoms with Gasteiger partial charge in [0.25, 0.3) is 0 Å². The van der Waals surface area contributed by atoms with Crippen LogP contribution in [0.15, 0.2) is 16.5 Å². The summed E-state index contributed by atoms with van der Waals surface area (Å²) in [7, 11) is 0. The summed E-state index contributed by atoms with van der Waals surface area (Å²) in [5.41, 5.74) is 0. The molecule has 1 heterocycles. The maximum Gasteiger partial charge on any atom is 0.371 e. The van der Waals surface area contributed by atoms with Crippen molar-refractivity contribution < 1.29 is 14.3 Å². The Hall–Kier alpha value is -1.25. The Labute approximate surface area is 70.0 Å². The first kappa shape index (κ1) is 7.40. The Bertz CT molecular complexity index is 313. The van der Waals surface area contributed by atoms with E-state index in [-0.39, 0.29) is 5.76 Å². The molecule has 0 aliphatic heterocycles. The SMILES string of the molecule is C[C@H]1C[C@@H]1c1ccc(C(=O)O)o1. The first-order valence-corrected chi connectivity index (χ1v) is 4.01. The lowest BCUT2D eigenvalue weighted by Gasteiger charge is -1.89. The molecule has 1 aliphatic rings. The second kappa shape index (κ2) is 2.37. The van der Waals surface area contributed by atoms with Gasteiger partial charge in [-0.05, 0) is 24.5 Å². The third-order valence-corrected chi connectivity index (χ3v) is 2.31. The molecule has 3 nitrogen and oxygen atoms in total. The van der Waals surface area contributed by atoms with E-state index in [4.69, 9.17) is 9.52 Å². The van der Waals surface area contributed by atoms with Gasteiger partial charge in [-0.3, -0.25) is 0 Å². The molecule has 0 radical (unpaired) electrons. The van der Waals surface area contributed by atoms with Crippen molar-refractivity contribution in [3.63, 3.8) is 0 Å². The van der Waals surface area contributed by atoms with E-state index in [1.807, 2.05) is 0 Å². The average Bonchev–Trinajstić information content (AvgIpc) is 2.59. The molecule has 0 amide bonds. The third kappa shape index (κ3) is 1.11. The fourth-order valence-electron chi connectivity index (χ4n) is 1.39. The van der Waals surface area contributed by atoms with Crippen LogP contribution in [0.25, 0.3) is 0 Å². The van der Waals surface area contributed by atoms with Gasteiger partial charge in [0.2, 0.25) is 5.76 Å². The van der Waals surface area contributed by atoms with Crippen molar-refractivity contribution in [2.75, 3.05) is 0 Å². The van der Waals surface area contributed by atoms with Crippen molar-refractivity contribution in [2.45, 2.75) is 19.3 Å². The summed E-state index contributed by atoms with van der Waals surface area (Å²) in [5, 5.41) is 8.57. The standard InChI is InChI=1S/C9H10O3/c1-5-4-6(5)7-2-3-8(12-7)9(10)11/h2-3,5-6H,4H2,1H3,(H,10,11)/t5-,6-/m0/s1. The van der Waals surface area contributed by atoms with Crippen LogP contribution < -0.4 is 0 Å². The van der Waals surface area contributed by atoms with Crippen LogP contribution in [-0.2, 0) is 0 Å². The van der Waals surface area contributed by atoms with Gasteiger partial charge in [-0.2, -0.15) is 0 Å². The molecule has 64 valence electrons. The van der Waals surface area contributed by atoms with E-state index in [2.05, 4.69) is 6.92 Å². The molecule has 1 aromatic heterocycles. The predicted molar refractivity (Wildman–Crippen MR) is 42.2 cm³/mol. The number of rotatable bonds is 2. The van der Waals surface area contributed by atoms with Crippen molar-refractivity contribution in [1.82, 2.24) is 0 Å². The second-order valence-corrected chi connectivity index (χ2v) is 3.33. The topological polar surface area (TPSA) is 50.4 Å². The number of carbonyl (C=O) groups is 1. The van der Waals surface area contributed by atoms with Crippen LogP contribution in [-0.4, -0.2) is 11.1 Å². The average molecular weight is 166 g/mol. The summed E-state index contributed by atoms with van der Waals surface area (Å²) in [6.45, 7) is 2.13. The van der Waals surface area contributed by atoms with Gasteiger partial charge in [-0.25, -0.2) is 4.79 Å². The number of carboxylic acids is 1. The second-order valence-electron chi connectivity index (χ2n) is 3.33. The normalized spacial score (nSPS) is 27.1. The molecule has 1 aliphatic carbocycles. The molecule has 0 unspecified atom stereocenters. The minimum Gasteiger partial charge on any atom is -0.475 e. The van der Waals surface area contributed by atoms with Crippen molar-refractivity contribution >= 4 is 5.97 Å². The zero-order chi connectivity index (χ0) is 8.72. The smallest absolute Gasteiger partial charge is 0.371 e. The Balaban J connectivity index is 2.19. The van der Waals surface area contributed by atoms with E-state index in [9.17, 15) is 4.79 Å². The van der Waals surface area contributed by atoms with Crippen LogP contribution in [0, 0.1) is 5.92 Å². The largest absolute Gasteiger partial charge is 0.475 e. The fraction of sp³-hybridized carbons (Fsp3) is 0.444. The molecule has 3 heteroatoms. The van der Waals surface area contributed by atoms with E-state index in [0.29, 0.717) is 11.8 Å². The van der Waals surface area contributed by atoms with Gasteiger partial charge >= 0.3 is 5.97 Å². The van der Waals surface area contributed by atoms with Crippen LogP contribution in [0.1, 0.15) is 35.6 Å². The summed E-state index contributed by atoms with van der Waals surface area (Å²) in [5.74, 6) is 0.981. The Morgan fingerprint density at radius 3 is 2.75 bits per heavy atom. The lowest BCUT2D eigenvalue weighted by molar-refractivity contribution is 0.0660. The lowest BCUT2D eigenvalue weighted by atomic mass is 10.3. The molecule has 1 saturated carbocycles. The van der Waals surface area contributed by atoms with E-state index in [1.54, 1.807) is 6.07 Å². The molecule has 2 rings (SSSR count). The van der Waals surface area contributed by atoms with Crippen LogP contribution in [0.2, 0.25) is 0 Å². The summed E-state index contributed by atoms with van der Waals surface area (Å²) in [6.07, 6.45) is 1.12. The minimum atomic E-state index is -0.991. The van der Waals surface area contributed by atoms with Crippen molar-refractivity contribution in [3.8, 4) is 0 Å². The van der Waals surface area contributed by atoms with Crippen LogP contribution in [0.4, 0.5) is 0 Å². The molecule has 1 aromatic rings. The zero-order valence-electron chi connectivity index (χ0n) is 6.78. The quantitative estimate of drug-likeness (QED) is 0.731. The summed E-state index contributed by atoms with van der Waals surface area (Å²) < 4.78 is 5.14. The van der Waals surface area contributed by atoms with Gasteiger partial charge in [0.1, 0.15) is 5.76 Å². The van der Waals surface area contributed by atoms with E-state index < -0.39 is 5.97 Å². The van der Waals surface area contributed by atoms with Gasteiger partial charge in [0.05, 0.1) is 0 Å². The number of carboxylic acid groups (broad SMARTS) is 1.